The van der Waals surface area contributed by atoms with Crippen LogP contribution >= 0.6 is 0 Å². The number of amides is 1. The van der Waals surface area contributed by atoms with Crippen LogP contribution in [0.2, 0.25) is 0 Å². The molecular weight excluding hydrogens is 294 g/mol. The lowest BCUT2D eigenvalue weighted by molar-refractivity contribution is -0.118. The molecule has 0 fully saturated rings. The maximum Gasteiger partial charge on any atom is 0.262 e. The molecule has 1 aromatic carbocycles. The molecular formula is C16H21N5O2. The van der Waals surface area contributed by atoms with Crippen LogP contribution in [0.4, 0.5) is 17.5 Å². The van der Waals surface area contributed by atoms with Crippen LogP contribution in [-0.4, -0.2) is 50.7 Å². The fraction of sp³-hybridized carbons (Fsp3) is 0.312. The Morgan fingerprint density at radius 2 is 1.83 bits per heavy atom. The lowest BCUT2D eigenvalue weighted by atomic mass is 10.3. The van der Waals surface area contributed by atoms with E-state index in [9.17, 15) is 4.79 Å². The van der Waals surface area contributed by atoms with Gasteiger partial charge in [0, 0.05) is 28.2 Å². The van der Waals surface area contributed by atoms with Gasteiger partial charge in [0.05, 0.1) is 6.20 Å². The van der Waals surface area contributed by atoms with E-state index in [1.807, 2.05) is 51.3 Å². The summed E-state index contributed by atoms with van der Waals surface area (Å²) >= 11 is 0. The number of hydrogen-bond donors (Lipinski definition) is 1. The van der Waals surface area contributed by atoms with E-state index < -0.39 is 0 Å². The number of aromatic nitrogens is 2. The summed E-state index contributed by atoms with van der Waals surface area (Å²) in [5, 5.41) is 2.78. The first-order valence-electron chi connectivity index (χ1n) is 7.16. The number of benzene rings is 1. The summed E-state index contributed by atoms with van der Waals surface area (Å²) in [6, 6.07) is 9.19. The van der Waals surface area contributed by atoms with Crippen LogP contribution in [0.25, 0.3) is 0 Å². The highest BCUT2D eigenvalue weighted by atomic mass is 16.5. The smallest absolute Gasteiger partial charge is 0.262 e. The first-order valence-corrected chi connectivity index (χ1v) is 7.16. The molecule has 0 saturated heterocycles. The summed E-state index contributed by atoms with van der Waals surface area (Å²) in [6.45, 7) is -0.0771. The van der Waals surface area contributed by atoms with Gasteiger partial charge in [-0.2, -0.15) is 4.98 Å². The van der Waals surface area contributed by atoms with E-state index in [1.165, 1.54) is 0 Å². The van der Waals surface area contributed by atoms with E-state index in [0.29, 0.717) is 23.2 Å². The zero-order valence-corrected chi connectivity index (χ0v) is 13.8. The van der Waals surface area contributed by atoms with E-state index in [1.54, 1.807) is 23.2 Å². The van der Waals surface area contributed by atoms with Crippen molar-refractivity contribution in [3.63, 3.8) is 0 Å². The van der Waals surface area contributed by atoms with Gasteiger partial charge in [0.25, 0.3) is 5.91 Å². The highest BCUT2D eigenvalue weighted by Gasteiger charge is 2.13. The molecule has 7 nitrogen and oxygen atoms in total. The second-order valence-electron chi connectivity index (χ2n) is 5.35. The standard InChI is InChI=1S/C16H21N5O2/c1-20(2)15-13(10-17-16(19-15)21(3)4)18-14(22)11-23-12-8-6-5-7-9-12/h5-10H,11H2,1-4H3,(H,18,22). The Kier molecular flexibility index (Phi) is 5.35. The summed E-state index contributed by atoms with van der Waals surface area (Å²) in [6.07, 6.45) is 1.60. The predicted octanol–water partition coefficient (Wildman–Crippen LogP) is 1.63. The molecule has 1 aromatic heterocycles. The fourth-order valence-electron chi connectivity index (χ4n) is 1.86. The number of carbonyl (C=O) groups excluding carboxylic acids is 1. The minimum absolute atomic E-state index is 0.0771. The largest absolute Gasteiger partial charge is 0.484 e. The van der Waals surface area contributed by atoms with Gasteiger partial charge >= 0.3 is 0 Å². The molecule has 7 heteroatoms. The average Bonchev–Trinajstić information content (AvgIpc) is 2.54. The van der Waals surface area contributed by atoms with Crippen LogP contribution in [0, 0.1) is 0 Å². The Balaban J connectivity index is 2.05. The number of hydrogen-bond acceptors (Lipinski definition) is 6. The van der Waals surface area contributed by atoms with Gasteiger partial charge in [0.15, 0.2) is 12.4 Å². The van der Waals surface area contributed by atoms with Crippen molar-refractivity contribution in [2.75, 3.05) is 49.9 Å². The Labute approximate surface area is 135 Å². The lowest BCUT2D eigenvalue weighted by Crippen LogP contribution is -2.24. The summed E-state index contributed by atoms with van der Waals surface area (Å²) in [7, 11) is 7.44. The van der Waals surface area contributed by atoms with Crippen molar-refractivity contribution in [2.24, 2.45) is 0 Å². The molecule has 0 aliphatic heterocycles. The molecule has 0 aliphatic rings. The van der Waals surface area contributed by atoms with Gasteiger partial charge in [0.1, 0.15) is 11.4 Å². The van der Waals surface area contributed by atoms with Gasteiger partial charge in [-0.05, 0) is 12.1 Å². The first-order chi connectivity index (χ1) is 11.0. The quantitative estimate of drug-likeness (QED) is 0.873. The molecule has 23 heavy (non-hydrogen) atoms. The van der Waals surface area contributed by atoms with Crippen molar-refractivity contribution in [1.29, 1.82) is 0 Å². The molecule has 0 unspecified atom stereocenters. The predicted molar refractivity (Wildman–Crippen MR) is 91.3 cm³/mol. The van der Waals surface area contributed by atoms with E-state index in [-0.39, 0.29) is 12.5 Å². The van der Waals surface area contributed by atoms with Crippen LogP contribution in [-0.2, 0) is 4.79 Å². The van der Waals surface area contributed by atoms with Crippen LogP contribution in [0.15, 0.2) is 36.5 Å². The molecule has 0 spiro atoms. The van der Waals surface area contributed by atoms with E-state index in [4.69, 9.17) is 4.74 Å². The number of nitrogens with zero attached hydrogens (tertiary/aromatic N) is 4. The van der Waals surface area contributed by atoms with Gasteiger partial charge in [-0.1, -0.05) is 18.2 Å². The maximum absolute atomic E-state index is 12.1. The third-order valence-corrected chi connectivity index (χ3v) is 2.97. The van der Waals surface area contributed by atoms with E-state index in [2.05, 4.69) is 15.3 Å². The number of nitrogens with one attached hydrogen (secondary N) is 1. The highest BCUT2D eigenvalue weighted by Crippen LogP contribution is 2.22. The summed E-state index contributed by atoms with van der Waals surface area (Å²) in [5.41, 5.74) is 0.544. The zero-order valence-electron chi connectivity index (χ0n) is 13.8. The maximum atomic E-state index is 12.1. The van der Waals surface area contributed by atoms with Gasteiger partial charge in [0.2, 0.25) is 5.95 Å². The Hall–Kier alpha value is -2.83. The molecule has 1 amide bonds. The van der Waals surface area contributed by atoms with Crippen molar-refractivity contribution in [3.8, 4) is 5.75 Å². The Bertz CT molecular complexity index is 659. The normalized spacial score (nSPS) is 10.1. The van der Waals surface area contributed by atoms with Gasteiger partial charge < -0.3 is 19.9 Å². The summed E-state index contributed by atoms with van der Waals surface area (Å²) < 4.78 is 5.43. The third-order valence-electron chi connectivity index (χ3n) is 2.97. The van der Waals surface area contributed by atoms with Crippen LogP contribution in [0.3, 0.4) is 0 Å². The molecule has 0 bridgehead atoms. The monoisotopic (exact) mass is 315 g/mol. The van der Waals surface area contributed by atoms with Crippen LogP contribution < -0.4 is 19.9 Å². The molecule has 0 atom stereocenters. The molecule has 0 aliphatic carbocycles. The van der Waals surface area contributed by atoms with Crippen molar-refractivity contribution in [2.45, 2.75) is 0 Å². The van der Waals surface area contributed by atoms with E-state index >= 15 is 0 Å². The number of ether oxygens (including phenoxy) is 1. The van der Waals surface area contributed by atoms with Crippen LogP contribution in [0.5, 0.6) is 5.75 Å². The topological polar surface area (TPSA) is 70.6 Å². The zero-order chi connectivity index (χ0) is 16.8. The van der Waals surface area contributed by atoms with Crippen LogP contribution in [0.1, 0.15) is 0 Å². The molecule has 0 saturated carbocycles. The fourth-order valence-corrected chi connectivity index (χ4v) is 1.86. The molecule has 122 valence electrons. The number of rotatable bonds is 6. The van der Waals surface area contributed by atoms with Crippen molar-refractivity contribution in [3.05, 3.63) is 36.5 Å². The van der Waals surface area contributed by atoms with Crippen molar-refractivity contribution >= 4 is 23.4 Å². The lowest BCUT2D eigenvalue weighted by Gasteiger charge is -2.19. The second-order valence-corrected chi connectivity index (χ2v) is 5.35. The van der Waals surface area contributed by atoms with Gasteiger partial charge in [-0.15, -0.1) is 0 Å². The van der Waals surface area contributed by atoms with Crippen molar-refractivity contribution < 1.29 is 9.53 Å². The minimum Gasteiger partial charge on any atom is -0.484 e. The van der Waals surface area contributed by atoms with Gasteiger partial charge in [-0.25, -0.2) is 4.98 Å². The molecule has 2 rings (SSSR count). The number of carbonyl (C=O) groups is 1. The number of anilines is 3. The molecule has 1 heterocycles. The Morgan fingerprint density at radius 3 is 2.43 bits per heavy atom. The summed E-state index contributed by atoms with van der Waals surface area (Å²) in [4.78, 5) is 24.3. The van der Waals surface area contributed by atoms with Crippen molar-refractivity contribution in [1.82, 2.24) is 9.97 Å². The molecule has 2 aromatic rings. The number of para-hydroxylation sites is 1. The SMILES string of the molecule is CN(C)c1ncc(NC(=O)COc2ccccc2)c(N(C)C)n1. The molecule has 0 radical (unpaired) electrons. The summed E-state index contributed by atoms with van der Waals surface area (Å²) in [5.74, 6) is 1.59. The molecule has 1 N–H and O–H groups in total. The second kappa shape index (κ2) is 7.44. The Morgan fingerprint density at radius 1 is 1.13 bits per heavy atom. The minimum atomic E-state index is -0.266. The van der Waals surface area contributed by atoms with Gasteiger partial charge in [-0.3, -0.25) is 4.79 Å². The third kappa shape index (κ3) is 4.57. The highest BCUT2D eigenvalue weighted by molar-refractivity contribution is 5.94. The first kappa shape index (κ1) is 16.5. The average molecular weight is 315 g/mol. The van der Waals surface area contributed by atoms with E-state index in [0.717, 1.165) is 0 Å².